The van der Waals surface area contributed by atoms with Crippen molar-refractivity contribution in [2.24, 2.45) is 0 Å². The number of phenolic OH excluding ortho intramolecular Hbond substituents is 1. The van der Waals surface area contributed by atoms with Gasteiger partial charge in [0.2, 0.25) is 5.91 Å². The van der Waals surface area contributed by atoms with Crippen molar-refractivity contribution < 1.29 is 14.6 Å². The number of morpholine rings is 1. The highest BCUT2D eigenvalue weighted by atomic mass is 35.5. The monoisotopic (exact) mass is 389 g/mol. The predicted molar refractivity (Wildman–Crippen MR) is 107 cm³/mol. The van der Waals surface area contributed by atoms with Crippen molar-refractivity contribution in [2.45, 2.75) is 19.1 Å². The van der Waals surface area contributed by atoms with Gasteiger partial charge in [0.05, 0.1) is 35.5 Å². The van der Waals surface area contributed by atoms with Crippen LogP contribution in [0.25, 0.3) is 0 Å². The first-order valence-corrected chi connectivity index (χ1v) is 9.31. The molecule has 2 aromatic rings. The molecule has 1 amide bonds. The van der Waals surface area contributed by atoms with Gasteiger partial charge in [-0.3, -0.25) is 9.69 Å². The summed E-state index contributed by atoms with van der Waals surface area (Å²) >= 11 is 6.12. The van der Waals surface area contributed by atoms with Crippen molar-refractivity contribution in [1.29, 1.82) is 0 Å². The summed E-state index contributed by atoms with van der Waals surface area (Å²) in [6, 6.07) is 13.3. The minimum atomic E-state index is -0.217. The molecule has 144 valence electrons. The molecular formula is C20H24ClN3O3. The van der Waals surface area contributed by atoms with Crippen LogP contribution < -0.4 is 10.6 Å². The summed E-state index contributed by atoms with van der Waals surface area (Å²) < 4.78 is 5.74. The maximum absolute atomic E-state index is 12.4. The lowest BCUT2D eigenvalue weighted by Gasteiger charge is -2.32. The van der Waals surface area contributed by atoms with E-state index in [1.165, 1.54) is 17.7 Å². The first kappa shape index (κ1) is 19.5. The highest BCUT2D eigenvalue weighted by Gasteiger charge is 2.23. The number of phenols is 1. The summed E-state index contributed by atoms with van der Waals surface area (Å²) in [5, 5.41) is 16.1. The lowest BCUT2D eigenvalue weighted by molar-refractivity contribution is -0.121. The van der Waals surface area contributed by atoms with E-state index in [0.717, 1.165) is 13.1 Å². The third kappa shape index (κ3) is 5.35. The molecule has 0 aromatic heterocycles. The van der Waals surface area contributed by atoms with Crippen LogP contribution in [0.4, 0.5) is 11.4 Å². The van der Waals surface area contributed by atoms with Crippen LogP contribution >= 0.6 is 11.6 Å². The van der Waals surface area contributed by atoms with E-state index in [0.29, 0.717) is 29.5 Å². The first-order chi connectivity index (χ1) is 13.0. The molecule has 3 N–H and O–H groups in total. The summed E-state index contributed by atoms with van der Waals surface area (Å²) in [4.78, 5) is 14.7. The number of benzene rings is 2. The fourth-order valence-electron chi connectivity index (χ4n) is 3.15. The Morgan fingerprint density at radius 1 is 1.30 bits per heavy atom. The second-order valence-corrected chi connectivity index (χ2v) is 6.97. The van der Waals surface area contributed by atoms with Gasteiger partial charge in [0.15, 0.2) is 0 Å². The number of rotatable bonds is 6. The molecule has 2 aromatic carbocycles. The van der Waals surface area contributed by atoms with Gasteiger partial charge in [-0.1, -0.05) is 41.9 Å². The van der Waals surface area contributed by atoms with Crippen molar-refractivity contribution >= 4 is 28.9 Å². The molecule has 27 heavy (non-hydrogen) atoms. The summed E-state index contributed by atoms with van der Waals surface area (Å²) in [7, 11) is 1.71. The topological polar surface area (TPSA) is 73.8 Å². The van der Waals surface area contributed by atoms with Gasteiger partial charge in [0, 0.05) is 32.7 Å². The molecule has 0 bridgehead atoms. The Balaban J connectivity index is 1.55. The first-order valence-electron chi connectivity index (χ1n) is 8.93. The molecule has 1 unspecified atom stereocenters. The van der Waals surface area contributed by atoms with Gasteiger partial charge in [0.1, 0.15) is 5.75 Å². The predicted octanol–water partition coefficient (Wildman–Crippen LogP) is 3.32. The van der Waals surface area contributed by atoms with Gasteiger partial charge in [-0.2, -0.15) is 0 Å². The molecule has 7 heteroatoms. The molecule has 0 saturated carbocycles. The Hall–Kier alpha value is -2.28. The van der Waals surface area contributed by atoms with Crippen LogP contribution in [0.1, 0.15) is 12.0 Å². The summed E-state index contributed by atoms with van der Waals surface area (Å²) in [6.07, 6.45) is 0.0347. The lowest BCUT2D eigenvalue weighted by atomic mass is 10.1. The minimum absolute atomic E-state index is 0.0348. The fourth-order valence-corrected chi connectivity index (χ4v) is 3.41. The molecule has 1 atom stereocenters. The van der Waals surface area contributed by atoms with E-state index in [2.05, 4.69) is 27.7 Å². The minimum Gasteiger partial charge on any atom is -0.506 e. The third-order valence-corrected chi connectivity index (χ3v) is 4.83. The van der Waals surface area contributed by atoms with Crippen LogP contribution in [0.15, 0.2) is 42.5 Å². The lowest BCUT2D eigenvalue weighted by Crippen LogP contribution is -2.43. The van der Waals surface area contributed by atoms with Crippen molar-refractivity contribution in [3.63, 3.8) is 0 Å². The van der Waals surface area contributed by atoms with Crippen molar-refractivity contribution in [3.8, 4) is 5.75 Å². The highest BCUT2D eigenvalue weighted by molar-refractivity contribution is 6.33. The van der Waals surface area contributed by atoms with E-state index in [1.54, 1.807) is 7.05 Å². The number of aromatic hydroxyl groups is 1. The number of halogens is 1. The van der Waals surface area contributed by atoms with Gasteiger partial charge in [-0.05, 0) is 11.6 Å². The van der Waals surface area contributed by atoms with Crippen molar-refractivity contribution in [3.05, 3.63) is 53.1 Å². The van der Waals surface area contributed by atoms with Crippen molar-refractivity contribution in [2.75, 3.05) is 37.4 Å². The Bertz CT molecular complexity index is 786. The number of hydrogen-bond donors (Lipinski definition) is 3. The van der Waals surface area contributed by atoms with Crippen LogP contribution in [-0.4, -0.2) is 48.8 Å². The number of nitrogens with zero attached hydrogens (tertiary/aromatic N) is 1. The van der Waals surface area contributed by atoms with E-state index in [-0.39, 0.29) is 24.2 Å². The fraction of sp³-hybridized carbons (Fsp3) is 0.350. The summed E-state index contributed by atoms with van der Waals surface area (Å²) in [5.74, 6) is -0.252. The highest BCUT2D eigenvalue weighted by Crippen LogP contribution is 2.33. The molecule has 1 saturated heterocycles. The van der Waals surface area contributed by atoms with Gasteiger partial charge < -0.3 is 20.5 Å². The number of anilines is 2. The second kappa shape index (κ2) is 9.08. The van der Waals surface area contributed by atoms with E-state index in [9.17, 15) is 9.90 Å². The van der Waals surface area contributed by atoms with Crippen LogP contribution in [0, 0.1) is 0 Å². The average Bonchev–Trinajstić information content (AvgIpc) is 2.65. The zero-order valence-corrected chi connectivity index (χ0v) is 16.0. The van der Waals surface area contributed by atoms with Gasteiger partial charge in [-0.25, -0.2) is 0 Å². The molecule has 1 heterocycles. The van der Waals surface area contributed by atoms with E-state index in [1.807, 2.05) is 18.2 Å². The Morgan fingerprint density at radius 2 is 2.07 bits per heavy atom. The Labute approximate surface area is 164 Å². The maximum Gasteiger partial charge on any atom is 0.227 e. The molecule has 0 aliphatic carbocycles. The van der Waals surface area contributed by atoms with Gasteiger partial charge >= 0.3 is 0 Å². The number of hydrogen-bond acceptors (Lipinski definition) is 5. The Kier molecular flexibility index (Phi) is 6.55. The standard InChI is InChI=1S/C20H24ClN3O3/c1-22-17-11-19(25)18(10-16(17)21)23-20(26)9-15-13-24(7-8-27-15)12-14-5-3-2-4-6-14/h2-6,10-11,15,22,25H,7-9,12-13H2,1H3,(H,23,26). The largest absolute Gasteiger partial charge is 0.506 e. The van der Waals surface area contributed by atoms with Crippen LogP contribution in [0.5, 0.6) is 5.75 Å². The average molecular weight is 390 g/mol. The number of nitrogens with one attached hydrogen (secondary N) is 2. The van der Waals surface area contributed by atoms with E-state index in [4.69, 9.17) is 16.3 Å². The molecule has 1 fully saturated rings. The number of carbonyl (C=O) groups is 1. The van der Waals surface area contributed by atoms with Crippen LogP contribution in [0.3, 0.4) is 0 Å². The van der Waals surface area contributed by atoms with E-state index >= 15 is 0 Å². The van der Waals surface area contributed by atoms with Crippen LogP contribution in [-0.2, 0) is 16.1 Å². The van der Waals surface area contributed by atoms with Crippen LogP contribution in [0.2, 0.25) is 5.02 Å². The van der Waals surface area contributed by atoms with Gasteiger partial charge in [-0.15, -0.1) is 0 Å². The molecule has 1 aliphatic rings. The quantitative estimate of drug-likeness (QED) is 0.661. The number of ether oxygens (including phenoxy) is 1. The summed E-state index contributed by atoms with van der Waals surface area (Å²) in [6.45, 7) is 2.96. The van der Waals surface area contributed by atoms with Gasteiger partial charge in [0.25, 0.3) is 0 Å². The van der Waals surface area contributed by atoms with E-state index < -0.39 is 0 Å². The normalized spacial score (nSPS) is 17.5. The molecule has 3 rings (SSSR count). The zero-order valence-electron chi connectivity index (χ0n) is 15.2. The molecule has 0 radical (unpaired) electrons. The number of amides is 1. The smallest absolute Gasteiger partial charge is 0.227 e. The second-order valence-electron chi connectivity index (χ2n) is 6.57. The number of carbonyl (C=O) groups excluding carboxylic acids is 1. The molecule has 1 aliphatic heterocycles. The molecule has 0 spiro atoms. The Morgan fingerprint density at radius 3 is 2.81 bits per heavy atom. The molecule has 6 nitrogen and oxygen atoms in total. The summed E-state index contributed by atoms with van der Waals surface area (Å²) in [5.41, 5.74) is 2.13. The SMILES string of the molecule is CNc1cc(O)c(NC(=O)CC2CN(Cc3ccccc3)CCO2)cc1Cl. The molecular weight excluding hydrogens is 366 g/mol. The van der Waals surface area contributed by atoms with Crippen molar-refractivity contribution in [1.82, 2.24) is 4.90 Å². The third-order valence-electron chi connectivity index (χ3n) is 4.51. The zero-order chi connectivity index (χ0) is 19.2. The maximum atomic E-state index is 12.4.